The van der Waals surface area contributed by atoms with E-state index in [1.807, 2.05) is 0 Å². The van der Waals surface area contributed by atoms with Crippen LogP contribution in [0.1, 0.15) is 19.3 Å². The minimum Gasteiger partial charge on any atom is -0.490 e. The van der Waals surface area contributed by atoms with E-state index >= 15 is 0 Å². The molecule has 0 spiro atoms. The molecule has 1 aliphatic rings. The summed E-state index contributed by atoms with van der Waals surface area (Å²) in [5.41, 5.74) is 5.26. The number of hydrogen-bond acceptors (Lipinski definition) is 3. The van der Waals surface area contributed by atoms with E-state index < -0.39 is 23.6 Å². The average molecular weight is 270 g/mol. The van der Waals surface area contributed by atoms with Crippen LogP contribution in [0.3, 0.4) is 0 Å². The second kappa shape index (κ2) is 5.97. The van der Waals surface area contributed by atoms with Crippen molar-refractivity contribution in [1.29, 1.82) is 0 Å². The fraction of sp³-hybridized carbons (Fsp3) is 0.462. The molecular formula is C13H16F2N2O2. The number of rotatable bonds is 7. The van der Waals surface area contributed by atoms with E-state index in [2.05, 4.69) is 5.32 Å². The lowest BCUT2D eigenvalue weighted by Gasteiger charge is -2.15. The van der Waals surface area contributed by atoms with Crippen LogP contribution in [0.25, 0.3) is 0 Å². The summed E-state index contributed by atoms with van der Waals surface area (Å²) in [6, 6.07) is 3.56. The topological polar surface area (TPSA) is 64.4 Å². The molecule has 2 rings (SSSR count). The van der Waals surface area contributed by atoms with Gasteiger partial charge in [0.05, 0.1) is 12.6 Å². The molecule has 1 amide bonds. The van der Waals surface area contributed by atoms with Gasteiger partial charge in [-0.2, -0.15) is 4.39 Å². The van der Waals surface area contributed by atoms with Crippen molar-refractivity contribution in [2.45, 2.75) is 31.3 Å². The maximum absolute atomic E-state index is 13.3. The number of amides is 1. The molecule has 0 aromatic heterocycles. The quantitative estimate of drug-likeness (QED) is 0.786. The Morgan fingerprint density at radius 1 is 1.47 bits per heavy atom. The van der Waals surface area contributed by atoms with Gasteiger partial charge in [0.25, 0.3) is 0 Å². The second-order valence-corrected chi connectivity index (χ2v) is 4.58. The van der Waals surface area contributed by atoms with E-state index in [-0.39, 0.29) is 12.4 Å². The third-order valence-corrected chi connectivity index (χ3v) is 2.94. The van der Waals surface area contributed by atoms with Crippen molar-refractivity contribution in [1.82, 2.24) is 5.32 Å². The maximum atomic E-state index is 13.3. The molecule has 1 unspecified atom stereocenters. The Bertz CT molecular complexity index is 464. The standard InChI is InChI=1S/C13H16F2N2O2/c14-9-2-1-3-11(12(9)15)19-7-6-10(13(16)18)17-8-4-5-8/h1-3,8,10,17H,4-7H2,(H2,16,18). The zero-order valence-electron chi connectivity index (χ0n) is 10.4. The summed E-state index contributed by atoms with van der Waals surface area (Å²) < 4.78 is 31.4. The summed E-state index contributed by atoms with van der Waals surface area (Å²) in [7, 11) is 0. The SMILES string of the molecule is NC(=O)C(CCOc1cccc(F)c1F)NC1CC1. The number of hydrogen-bond donors (Lipinski definition) is 2. The lowest BCUT2D eigenvalue weighted by atomic mass is 10.2. The lowest BCUT2D eigenvalue weighted by molar-refractivity contribution is -0.120. The first-order chi connectivity index (χ1) is 9.08. The Morgan fingerprint density at radius 2 is 2.21 bits per heavy atom. The van der Waals surface area contributed by atoms with Crippen LogP contribution < -0.4 is 15.8 Å². The molecule has 4 nitrogen and oxygen atoms in total. The number of halogens is 2. The van der Waals surface area contributed by atoms with Crippen LogP contribution in [0.4, 0.5) is 8.78 Å². The molecule has 1 fully saturated rings. The second-order valence-electron chi connectivity index (χ2n) is 4.58. The van der Waals surface area contributed by atoms with E-state index in [0.29, 0.717) is 12.5 Å². The zero-order chi connectivity index (χ0) is 13.8. The highest BCUT2D eigenvalue weighted by molar-refractivity contribution is 5.79. The van der Waals surface area contributed by atoms with Gasteiger partial charge < -0.3 is 15.8 Å². The van der Waals surface area contributed by atoms with E-state index in [1.54, 1.807) is 0 Å². The average Bonchev–Trinajstić information content (AvgIpc) is 3.17. The molecule has 19 heavy (non-hydrogen) atoms. The molecule has 0 heterocycles. The van der Waals surface area contributed by atoms with Gasteiger partial charge in [-0.1, -0.05) is 6.07 Å². The van der Waals surface area contributed by atoms with E-state index in [0.717, 1.165) is 18.9 Å². The van der Waals surface area contributed by atoms with Gasteiger partial charge in [-0.15, -0.1) is 0 Å². The molecule has 0 saturated heterocycles. The Labute approximate surface area is 109 Å². The summed E-state index contributed by atoms with van der Waals surface area (Å²) in [5, 5.41) is 3.08. The molecule has 1 saturated carbocycles. The van der Waals surface area contributed by atoms with Crippen LogP contribution in [-0.4, -0.2) is 24.6 Å². The van der Waals surface area contributed by atoms with Gasteiger partial charge in [-0.05, 0) is 25.0 Å². The minimum absolute atomic E-state index is 0.0910. The van der Waals surface area contributed by atoms with Crippen molar-refractivity contribution in [2.24, 2.45) is 5.73 Å². The van der Waals surface area contributed by atoms with E-state index in [1.165, 1.54) is 12.1 Å². The highest BCUT2D eigenvalue weighted by atomic mass is 19.2. The van der Waals surface area contributed by atoms with Gasteiger partial charge in [0, 0.05) is 12.5 Å². The fourth-order valence-electron chi connectivity index (χ4n) is 1.72. The Kier molecular flexibility index (Phi) is 4.31. The smallest absolute Gasteiger partial charge is 0.234 e. The van der Waals surface area contributed by atoms with Gasteiger partial charge in [0.1, 0.15) is 0 Å². The summed E-state index contributed by atoms with van der Waals surface area (Å²) in [5.74, 6) is -2.60. The normalized spacial score (nSPS) is 16.1. The van der Waals surface area contributed by atoms with Crippen LogP contribution in [0.15, 0.2) is 18.2 Å². The predicted molar refractivity (Wildman–Crippen MR) is 65.6 cm³/mol. The monoisotopic (exact) mass is 270 g/mol. The first-order valence-electron chi connectivity index (χ1n) is 6.20. The first kappa shape index (κ1) is 13.7. The molecule has 0 radical (unpaired) electrons. The maximum Gasteiger partial charge on any atom is 0.234 e. The summed E-state index contributed by atoms with van der Waals surface area (Å²) in [4.78, 5) is 11.2. The molecule has 1 aromatic carbocycles. The molecule has 1 aromatic rings. The third kappa shape index (κ3) is 3.89. The highest BCUT2D eigenvalue weighted by Crippen LogP contribution is 2.21. The van der Waals surface area contributed by atoms with Crippen LogP contribution in [0.2, 0.25) is 0 Å². The van der Waals surface area contributed by atoms with Crippen LogP contribution in [0, 0.1) is 11.6 Å². The predicted octanol–water partition coefficient (Wildman–Crippen LogP) is 1.34. The summed E-state index contributed by atoms with van der Waals surface area (Å²) in [6.45, 7) is 0.0910. The number of benzene rings is 1. The number of carbonyl (C=O) groups excluding carboxylic acids is 1. The van der Waals surface area contributed by atoms with Crippen LogP contribution >= 0.6 is 0 Å². The molecule has 104 valence electrons. The first-order valence-corrected chi connectivity index (χ1v) is 6.20. The van der Waals surface area contributed by atoms with Gasteiger partial charge in [0.15, 0.2) is 11.6 Å². The van der Waals surface area contributed by atoms with Crippen molar-refractivity contribution < 1.29 is 18.3 Å². The molecule has 0 aliphatic heterocycles. The largest absolute Gasteiger partial charge is 0.490 e. The molecular weight excluding hydrogens is 254 g/mol. The van der Waals surface area contributed by atoms with Gasteiger partial charge >= 0.3 is 0 Å². The van der Waals surface area contributed by atoms with Crippen molar-refractivity contribution in [3.63, 3.8) is 0 Å². The molecule has 3 N–H and O–H groups in total. The molecule has 1 aliphatic carbocycles. The van der Waals surface area contributed by atoms with Crippen LogP contribution in [-0.2, 0) is 4.79 Å². The Morgan fingerprint density at radius 3 is 2.84 bits per heavy atom. The highest BCUT2D eigenvalue weighted by Gasteiger charge is 2.27. The Balaban J connectivity index is 1.83. The van der Waals surface area contributed by atoms with E-state index in [4.69, 9.17) is 10.5 Å². The van der Waals surface area contributed by atoms with Gasteiger partial charge in [-0.25, -0.2) is 4.39 Å². The minimum atomic E-state index is -1.02. The lowest BCUT2D eigenvalue weighted by Crippen LogP contribution is -2.43. The summed E-state index contributed by atoms with van der Waals surface area (Å²) in [6.07, 6.45) is 2.38. The third-order valence-electron chi connectivity index (χ3n) is 2.94. The number of carbonyl (C=O) groups is 1. The van der Waals surface area contributed by atoms with Crippen molar-refractivity contribution in [3.05, 3.63) is 29.8 Å². The Hall–Kier alpha value is -1.69. The van der Waals surface area contributed by atoms with Gasteiger partial charge in [0.2, 0.25) is 11.7 Å². The zero-order valence-corrected chi connectivity index (χ0v) is 10.4. The summed E-state index contributed by atoms with van der Waals surface area (Å²) >= 11 is 0. The molecule has 6 heteroatoms. The van der Waals surface area contributed by atoms with Gasteiger partial charge in [-0.3, -0.25) is 4.79 Å². The van der Waals surface area contributed by atoms with Crippen LogP contribution in [0.5, 0.6) is 5.75 Å². The fourth-order valence-corrected chi connectivity index (χ4v) is 1.72. The number of nitrogens with one attached hydrogen (secondary N) is 1. The van der Waals surface area contributed by atoms with Crippen molar-refractivity contribution in [2.75, 3.05) is 6.61 Å². The van der Waals surface area contributed by atoms with Crippen molar-refractivity contribution >= 4 is 5.91 Å². The molecule has 1 atom stereocenters. The van der Waals surface area contributed by atoms with E-state index in [9.17, 15) is 13.6 Å². The number of primary amides is 1. The molecule has 0 bridgehead atoms. The number of ether oxygens (including phenoxy) is 1. The van der Waals surface area contributed by atoms with Crippen molar-refractivity contribution in [3.8, 4) is 5.75 Å². The number of nitrogens with two attached hydrogens (primary N) is 1.